The summed E-state index contributed by atoms with van der Waals surface area (Å²) >= 11 is 0. The lowest BCUT2D eigenvalue weighted by atomic mass is 10.1. The van der Waals surface area contributed by atoms with Crippen LogP contribution in [-0.2, 0) is 20.0 Å². The maximum Gasteiger partial charge on any atom is 0.136 e. The van der Waals surface area contributed by atoms with Crippen LogP contribution in [0.4, 0.5) is 4.39 Å². The van der Waals surface area contributed by atoms with Gasteiger partial charge in [0.15, 0.2) is 0 Å². The molecular weight excluding hydrogens is 381 g/mol. The molecule has 3 aromatic heterocycles. The minimum Gasteiger partial charge on any atom is -0.492 e. The highest BCUT2D eigenvalue weighted by Crippen LogP contribution is 2.31. The molecule has 4 aromatic rings. The number of benzene rings is 1. The molecule has 156 valence electrons. The molecule has 6 nitrogen and oxygen atoms in total. The van der Waals surface area contributed by atoms with E-state index in [2.05, 4.69) is 15.4 Å². The van der Waals surface area contributed by atoms with E-state index in [4.69, 9.17) is 4.74 Å². The van der Waals surface area contributed by atoms with E-state index in [1.54, 1.807) is 6.07 Å². The molecule has 0 fully saturated rings. The molecule has 0 saturated carbocycles. The highest BCUT2D eigenvalue weighted by molar-refractivity contribution is 5.71. The average molecular weight is 407 g/mol. The van der Waals surface area contributed by atoms with Gasteiger partial charge in [0.25, 0.3) is 0 Å². The van der Waals surface area contributed by atoms with Gasteiger partial charge in [0.1, 0.15) is 17.2 Å². The normalized spacial score (nSPS) is 11.4. The Kier molecular flexibility index (Phi) is 5.55. The van der Waals surface area contributed by atoms with Crippen LogP contribution in [0.5, 0.6) is 5.75 Å². The Morgan fingerprint density at radius 3 is 2.73 bits per heavy atom. The third-order valence-corrected chi connectivity index (χ3v) is 5.46. The van der Waals surface area contributed by atoms with Gasteiger partial charge in [0.2, 0.25) is 0 Å². The average Bonchev–Trinajstić information content (AvgIpc) is 3.23. The summed E-state index contributed by atoms with van der Waals surface area (Å²) in [6.07, 6.45) is 4.59. The van der Waals surface area contributed by atoms with Crippen molar-refractivity contribution in [3.63, 3.8) is 0 Å². The third-order valence-electron chi connectivity index (χ3n) is 5.46. The van der Waals surface area contributed by atoms with E-state index in [1.165, 1.54) is 17.7 Å². The van der Waals surface area contributed by atoms with Gasteiger partial charge in [0, 0.05) is 49.1 Å². The fourth-order valence-electron chi connectivity index (χ4n) is 3.80. The molecule has 0 unspecified atom stereocenters. The van der Waals surface area contributed by atoms with Crippen LogP contribution in [0, 0.1) is 19.7 Å². The minimum atomic E-state index is -0.318. The smallest absolute Gasteiger partial charge is 0.136 e. The summed E-state index contributed by atoms with van der Waals surface area (Å²) in [6, 6.07) is 8.63. The van der Waals surface area contributed by atoms with Gasteiger partial charge in [-0.1, -0.05) is 0 Å². The third kappa shape index (κ3) is 3.80. The quantitative estimate of drug-likeness (QED) is 0.506. The molecule has 0 aliphatic heterocycles. The van der Waals surface area contributed by atoms with Crippen LogP contribution in [0.1, 0.15) is 22.6 Å². The van der Waals surface area contributed by atoms with Gasteiger partial charge in [-0.2, -0.15) is 5.10 Å². The van der Waals surface area contributed by atoms with Gasteiger partial charge < -0.3 is 14.5 Å². The lowest BCUT2D eigenvalue weighted by Gasteiger charge is -2.13. The number of hydrogen-bond donors (Lipinski definition) is 1. The predicted octanol–water partition coefficient (Wildman–Crippen LogP) is 3.83. The zero-order valence-electron chi connectivity index (χ0n) is 17.7. The number of aryl methyl sites for hydroxylation is 2. The Morgan fingerprint density at radius 1 is 1.17 bits per heavy atom. The van der Waals surface area contributed by atoms with Gasteiger partial charge in [-0.05, 0) is 50.7 Å². The zero-order valence-corrected chi connectivity index (χ0v) is 17.7. The van der Waals surface area contributed by atoms with E-state index in [9.17, 15) is 4.39 Å². The van der Waals surface area contributed by atoms with Crippen LogP contribution >= 0.6 is 0 Å². The summed E-state index contributed by atoms with van der Waals surface area (Å²) in [5.74, 6) is 0.214. The lowest BCUT2D eigenvalue weighted by Crippen LogP contribution is -2.07. The van der Waals surface area contributed by atoms with E-state index in [0.717, 1.165) is 33.9 Å². The number of fused-ring (bicyclic) bond motifs is 1. The van der Waals surface area contributed by atoms with Crippen molar-refractivity contribution in [2.24, 2.45) is 7.05 Å². The molecule has 0 spiro atoms. The monoisotopic (exact) mass is 407 g/mol. The zero-order chi connectivity index (χ0) is 21.3. The first kappa shape index (κ1) is 20.1. The standard InChI is InChI=1S/C23H26FN5O/c1-15-20(16(2)28(4)27-15)9-10-30-22-11-18(24)6-7-21(22)17-5-8-23-26-13-19(12-25-3)29(23)14-17/h5-8,11,13-14,25H,9-10,12H2,1-4H3. The molecule has 3 heterocycles. The van der Waals surface area contributed by atoms with E-state index < -0.39 is 0 Å². The molecule has 4 rings (SSSR count). The van der Waals surface area contributed by atoms with Crippen LogP contribution in [0.25, 0.3) is 16.8 Å². The van der Waals surface area contributed by atoms with Crippen molar-refractivity contribution in [3.05, 3.63) is 71.2 Å². The number of nitrogens with zero attached hydrogens (tertiary/aromatic N) is 4. The number of hydrogen-bond acceptors (Lipinski definition) is 4. The second-order valence-corrected chi connectivity index (χ2v) is 7.44. The summed E-state index contributed by atoms with van der Waals surface area (Å²) < 4.78 is 24.0. The molecule has 0 bridgehead atoms. The predicted molar refractivity (Wildman–Crippen MR) is 115 cm³/mol. The van der Waals surface area contributed by atoms with Crippen LogP contribution < -0.4 is 10.1 Å². The SMILES string of the molecule is CNCc1cnc2ccc(-c3ccc(F)cc3OCCc3c(C)nn(C)c3C)cn12. The van der Waals surface area contributed by atoms with Gasteiger partial charge >= 0.3 is 0 Å². The number of pyridine rings is 1. The maximum absolute atomic E-state index is 14.0. The molecular formula is C23H26FN5O. The number of rotatable bonds is 7. The molecule has 30 heavy (non-hydrogen) atoms. The number of nitrogens with one attached hydrogen (secondary N) is 1. The number of aromatic nitrogens is 4. The molecule has 0 aliphatic carbocycles. The Balaban J connectivity index is 1.62. The van der Waals surface area contributed by atoms with Crippen LogP contribution in [0.2, 0.25) is 0 Å². The van der Waals surface area contributed by atoms with Crippen molar-refractivity contribution in [3.8, 4) is 16.9 Å². The number of halogens is 1. The second-order valence-electron chi connectivity index (χ2n) is 7.44. The number of ether oxygens (including phenoxy) is 1. The molecule has 0 radical (unpaired) electrons. The first-order valence-electron chi connectivity index (χ1n) is 10.0. The first-order chi connectivity index (χ1) is 14.5. The van der Waals surface area contributed by atoms with Crippen molar-refractivity contribution in [1.82, 2.24) is 24.5 Å². The van der Waals surface area contributed by atoms with Gasteiger partial charge in [0.05, 0.1) is 24.2 Å². The van der Waals surface area contributed by atoms with E-state index in [-0.39, 0.29) is 5.82 Å². The maximum atomic E-state index is 14.0. The van der Waals surface area contributed by atoms with Crippen molar-refractivity contribution < 1.29 is 9.13 Å². The van der Waals surface area contributed by atoms with Crippen molar-refractivity contribution in [2.45, 2.75) is 26.8 Å². The first-order valence-corrected chi connectivity index (χ1v) is 10.0. The summed E-state index contributed by atoms with van der Waals surface area (Å²) in [5, 5.41) is 7.60. The Morgan fingerprint density at radius 2 is 2.00 bits per heavy atom. The van der Waals surface area contributed by atoms with E-state index >= 15 is 0 Å². The molecule has 1 N–H and O–H groups in total. The number of imidazole rings is 1. The van der Waals surface area contributed by atoms with Crippen molar-refractivity contribution in [2.75, 3.05) is 13.7 Å². The minimum absolute atomic E-state index is 0.318. The van der Waals surface area contributed by atoms with Gasteiger partial charge in [-0.3, -0.25) is 4.68 Å². The molecule has 0 atom stereocenters. The molecule has 0 amide bonds. The Labute approximate surface area is 175 Å². The Hall–Kier alpha value is -3.19. The summed E-state index contributed by atoms with van der Waals surface area (Å²) in [7, 11) is 3.84. The van der Waals surface area contributed by atoms with Crippen LogP contribution in [0.3, 0.4) is 0 Å². The fourth-order valence-corrected chi connectivity index (χ4v) is 3.80. The van der Waals surface area contributed by atoms with Crippen LogP contribution in [-0.4, -0.2) is 32.8 Å². The summed E-state index contributed by atoms with van der Waals surface area (Å²) in [6.45, 7) is 5.20. The summed E-state index contributed by atoms with van der Waals surface area (Å²) in [5.41, 5.74) is 7.02. The highest BCUT2D eigenvalue weighted by atomic mass is 19.1. The molecule has 0 saturated heterocycles. The van der Waals surface area contributed by atoms with Gasteiger partial charge in [-0.15, -0.1) is 0 Å². The molecule has 0 aliphatic rings. The lowest BCUT2D eigenvalue weighted by molar-refractivity contribution is 0.321. The summed E-state index contributed by atoms with van der Waals surface area (Å²) in [4.78, 5) is 4.43. The molecule has 1 aromatic carbocycles. The van der Waals surface area contributed by atoms with Crippen molar-refractivity contribution >= 4 is 5.65 Å². The second kappa shape index (κ2) is 8.28. The highest BCUT2D eigenvalue weighted by Gasteiger charge is 2.13. The van der Waals surface area contributed by atoms with Gasteiger partial charge in [-0.25, -0.2) is 9.37 Å². The van der Waals surface area contributed by atoms with E-state index in [0.29, 0.717) is 25.3 Å². The largest absolute Gasteiger partial charge is 0.492 e. The van der Waals surface area contributed by atoms with E-state index in [1.807, 2.05) is 61.6 Å². The topological polar surface area (TPSA) is 56.4 Å². The fraction of sp³-hybridized carbons (Fsp3) is 0.304. The van der Waals surface area contributed by atoms with Crippen LogP contribution in [0.15, 0.2) is 42.7 Å². The van der Waals surface area contributed by atoms with Crippen molar-refractivity contribution in [1.29, 1.82) is 0 Å². The Bertz CT molecular complexity index is 1190. The molecule has 7 heteroatoms.